The minimum Gasteiger partial charge on any atom is -0.312 e. The van der Waals surface area contributed by atoms with Gasteiger partial charge < -0.3 is 5.32 Å². The number of nitrogens with zero attached hydrogens (tertiary/aromatic N) is 1. The molecule has 0 unspecified atom stereocenters. The highest BCUT2D eigenvalue weighted by Gasteiger charge is 2.26. The monoisotopic (exact) mass is 308 g/mol. The van der Waals surface area contributed by atoms with Crippen LogP contribution in [0.25, 0.3) is 0 Å². The van der Waals surface area contributed by atoms with Gasteiger partial charge in [-0.3, -0.25) is 0 Å². The molecule has 1 fully saturated rings. The fourth-order valence-corrected chi connectivity index (χ4v) is 4.70. The Kier molecular flexibility index (Phi) is 6.69. The normalized spacial score (nSPS) is 22.9. The van der Waals surface area contributed by atoms with Gasteiger partial charge in [-0.05, 0) is 56.9 Å². The van der Waals surface area contributed by atoms with E-state index in [-0.39, 0.29) is 0 Å². The summed E-state index contributed by atoms with van der Waals surface area (Å²) in [6.45, 7) is 11.3. The molecule has 2 rings (SSSR count). The average molecular weight is 309 g/mol. The van der Waals surface area contributed by atoms with Crippen molar-refractivity contribution in [1.82, 2.24) is 10.3 Å². The number of hydrogen-bond donors (Lipinski definition) is 1. The van der Waals surface area contributed by atoms with Gasteiger partial charge >= 0.3 is 0 Å². The van der Waals surface area contributed by atoms with Crippen LogP contribution < -0.4 is 5.32 Å². The minimum atomic E-state index is 0.732. The van der Waals surface area contributed by atoms with Crippen LogP contribution in [0.3, 0.4) is 0 Å². The van der Waals surface area contributed by atoms with Gasteiger partial charge in [-0.2, -0.15) is 0 Å². The second-order valence-electron chi connectivity index (χ2n) is 6.81. The second-order valence-corrected chi connectivity index (χ2v) is 7.92. The first-order valence-electron chi connectivity index (χ1n) is 8.84. The Morgan fingerprint density at radius 1 is 1.19 bits per heavy atom. The van der Waals surface area contributed by atoms with Crippen LogP contribution in [0.2, 0.25) is 0 Å². The van der Waals surface area contributed by atoms with Gasteiger partial charge in [-0.25, -0.2) is 4.98 Å². The summed E-state index contributed by atoms with van der Waals surface area (Å²) < 4.78 is 0. The van der Waals surface area contributed by atoms with Crippen LogP contribution in [0, 0.1) is 11.8 Å². The number of aryl methyl sites for hydroxylation is 1. The van der Waals surface area contributed by atoms with Crippen LogP contribution in [0.5, 0.6) is 0 Å². The van der Waals surface area contributed by atoms with E-state index in [0.29, 0.717) is 0 Å². The van der Waals surface area contributed by atoms with Gasteiger partial charge in [-0.15, -0.1) is 11.3 Å². The lowest BCUT2D eigenvalue weighted by Crippen LogP contribution is -2.17. The van der Waals surface area contributed by atoms with E-state index in [2.05, 4.69) is 33.0 Å². The summed E-state index contributed by atoms with van der Waals surface area (Å²) in [7, 11) is 0. The summed E-state index contributed by atoms with van der Waals surface area (Å²) in [4.78, 5) is 6.46. The molecule has 0 spiro atoms. The molecule has 1 aliphatic rings. The summed E-state index contributed by atoms with van der Waals surface area (Å²) in [6.07, 6.45) is 7.76. The van der Waals surface area contributed by atoms with Gasteiger partial charge in [0.1, 0.15) is 0 Å². The molecular formula is C18H32N2S. The average Bonchev–Trinajstić information content (AvgIpc) is 2.91. The molecule has 0 atom stereocenters. The van der Waals surface area contributed by atoms with E-state index in [1.54, 1.807) is 0 Å². The van der Waals surface area contributed by atoms with Crippen LogP contribution in [0.15, 0.2) is 0 Å². The summed E-state index contributed by atoms with van der Waals surface area (Å²) in [5.74, 6) is 2.52. The smallest absolute Gasteiger partial charge is 0.0962 e. The predicted molar refractivity (Wildman–Crippen MR) is 93.0 cm³/mol. The maximum atomic E-state index is 4.98. The number of rotatable bonds is 7. The number of aromatic nitrogens is 1. The third-order valence-corrected chi connectivity index (χ3v) is 6.17. The Labute approximate surface area is 134 Å². The van der Waals surface area contributed by atoms with Crippen molar-refractivity contribution in [3.8, 4) is 0 Å². The molecule has 0 amide bonds. The first-order chi connectivity index (χ1) is 10.2. The van der Waals surface area contributed by atoms with Crippen molar-refractivity contribution in [2.45, 2.75) is 78.7 Å². The van der Waals surface area contributed by atoms with E-state index in [1.807, 2.05) is 11.3 Å². The Hall–Kier alpha value is -0.410. The third kappa shape index (κ3) is 4.53. The molecule has 0 aromatic carbocycles. The van der Waals surface area contributed by atoms with Crippen LogP contribution >= 0.6 is 11.3 Å². The fraction of sp³-hybridized carbons (Fsp3) is 0.833. The Morgan fingerprint density at radius 2 is 1.90 bits per heavy atom. The SMILES string of the molecule is CCCNCc1sc(C2CCC(C(C)C)CC2)nc1CC. The van der Waals surface area contributed by atoms with E-state index >= 15 is 0 Å². The zero-order valence-electron chi connectivity index (χ0n) is 14.2. The van der Waals surface area contributed by atoms with Gasteiger partial charge in [0, 0.05) is 17.3 Å². The van der Waals surface area contributed by atoms with Gasteiger partial charge in [0.15, 0.2) is 0 Å². The number of hydrogen-bond acceptors (Lipinski definition) is 3. The first kappa shape index (κ1) is 17.0. The van der Waals surface area contributed by atoms with E-state index in [9.17, 15) is 0 Å². The molecule has 0 aliphatic heterocycles. The quantitative estimate of drug-likeness (QED) is 0.706. The number of nitrogens with one attached hydrogen (secondary N) is 1. The Balaban J connectivity index is 1.97. The van der Waals surface area contributed by atoms with Crippen LogP contribution in [0.1, 0.15) is 81.3 Å². The van der Waals surface area contributed by atoms with E-state index < -0.39 is 0 Å². The zero-order valence-corrected chi connectivity index (χ0v) is 15.1. The minimum absolute atomic E-state index is 0.732. The summed E-state index contributed by atoms with van der Waals surface area (Å²) >= 11 is 1.98. The van der Waals surface area contributed by atoms with E-state index in [0.717, 1.165) is 37.3 Å². The highest BCUT2D eigenvalue weighted by molar-refractivity contribution is 7.11. The van der Waals surface area contributed by atoms with Crippen molar-refractivity contribution in [3.05, 3.63) is 15.6 Å². The maximum absolute atomic E-state index is 4.98. The number of thiazole rings is 1. The molecule has 1 N–H and O–H groups in total. The lowest BCUT2D eigenvalue weighted by Gasteiger charge is -2.29. The van der Waals surface area contributed by atoms with Crippen molar-refractivity contribution in [2.24, 2.45) is 11.8 Å². The molecule has 0 bridgehead atoms. The lowest BCUT2D eigenvalue weighted by molar-refractivity contribution is 0.258. The molecule has 120 valence electrons. The van der Waals surface area contributed by atoms with E-state index in [4.69, 9.17) is 4.98 Å². The Bertz CT molecular complexity index is 417. The van der Waals surface area contributed by atoms with Crippen LogP contribution in [-0.4, -0.2) is 11.5 Å². The highest BCUT2D eigenvalue weighted by atomic mass is 32.1. The molecular weight excluding hydrogens is 276 g/mol. The van der Waals surface area contributed by atoms with Crippen LogP contribution in [-0.2, 0) is 13.0 Å². The maximum Gasteiger partial charge on any atom is 0.0962 e. The van der Waals surface area contributed by atoms with Gasteiger partial charge in [0.25, 0.3) is 0 Å². The second kappa shape index (κ2) is 8.28. The van der Waals surface area contributed by atoms with Crippen molar-refractivity contribution >= 4 is 11.3 Å². The summed E-state index contributed by atoms with van der Waals surface area (Å²) in [6, 6.07) is 0. The van der Waals surface area contributed by atoms with Gasteiger partial charge in [-0.1, -0.05) is 27.7 Å². The van der Waals surface area contributed by atoms with Crippen molar-refractivity contribution in [3.63, 3.8) is 0 Å². The van der Waals surface area contributed by atoms with Crippen molar-refractivity contribution in [2.75, 3.05) is 6.54 Å². The fourth-order valence-electron chi connectivity index (χ4n) is 3.40. The molecule has 1 aromatic heterocycles. The predicted octanol–water partition coefficient (Wildman–Crippen LogP) is 5.13. The molecule has 2 nitrogen and oxygen atoms in total. The largest absolute Gasteiger partial charge is 0.312 e. The van der Waals surface area contributed by atoms with Gasteiger partial charge in [0.05, 0.1) is 10.7 Å². The van der Waals surface area contributed by atoms with E-state index in [1.165, 1.54) is 47.7 Å². The topological polar surface area (TPSA) is 24.9 Å². The molecule has 1 aromatic rings. The van der Waals surface area contributed by atoms with Crippen molar-refractivity contribution in [1.29, 1.82) is 0 Å². The summed E-state index contributed by atoms with van der Waals surface area (Å²) in [5.41, 5.74) is 1.34. The third-order valence-electron chi connectivity index (χ3n) is 4.91. The molecule has 0 saturated heterocycles. The molecule has 3 heteroatoms. The highest BCUT2D eigenvalue weighted by Crippen LogP contribution is 2.40. The molecule has 21 heavy (non-hydrogen) atoms. The lowest BCUT2D eigenvalue weighted by atomic mass is 9.77. The summed E-state index contributed by atoms with van der Waals surface area (Å²) in [5, 5.41) is 4.95. The first-order valence-corrected chi connectivity index (χ1v) is 9.66. The standard InChI is InChI=1S/C18H32N2S/c1-5-11-19-12-17-16(6-2)20-18(21-17)15-9-7-14(8-10-15)13(3)4/h13-15,19H,5-12H2,1-4H3. The molecule has 1 aliphatic carbocycles. The Morgan fingerprint density at radius 3 is 2.48 bits per heavy atom. The van der Waals surface area contributed by atoms with Crippen LogP contribution in [0.4, 0.5) is 0 Å². The molecule has 1 saturated carbocycles. The zero-order chi connectivity index (χ0) is 15.2. The van der Waals surface area contributed by atoms with Gasteiger partial charge in [0.2, 0.25) is 0 Å². The van der Waals surface area contributed by atoms with Crippen molar-refractivity contribution < 1.29 is 0 Å². The molecule has 0 radical (unpaired) electrons. The molecule has 1 heterocycles.